The lowest BCUT2D eigenvalue weighted by molar-refractivity contribution is -0.252. The third-order valence-electron chi connectivity index (χ3n) is 7.08. The van der Waals surface area contributed by atoms with Crippen LogP contribution < -0.4 is 5.32 Å². The Hall–Kier alpha value is -4.05. The second kappa shape index (κ2) is 12.9. The number of nitrogens with one attached hydrogen (secondary N) is 1. The van der Waals surface area contributed by atoms with Gasteiger partial charge in [0, 0.05) is 31.4 Å². The predicted octanol–water partition coefficient (Wildman–Crippen LogP) is 4.65. The topological polar surface area (TPSA) is 123 Å². The summed E-state index contributed by atoms with van der Waals surface area (Å²) in [5.41, 5.74) is 5.64. The van der Waals surface area contributed by atoms with Crippen molar-refractivity contribution in [3.8, 4) is 0 Å². The molecular formula is C31H33N3O6. The molecule has 40 heavy (non-hydrogen) atoms. The summed E-state index contributed by atoms with van der Waals surface area (Å²) in [6.07, 6.45) is 2.06. The number of nitrogens with zero attached hydrogens (tertiary/aromatic N) is 2. The molecule has 0 spiro atoms. The van der Waals surface area contributed by atoms with Crippen molar-refractivity contribution in [2.45, 2.75) is 63.9 Å². The molecule has 4 aromatic rings. The number of aromatic nitrogens is 2. The molecule has 9 heteroatoms. The van der Waals surface area contributed by atoms with Crippen LogP contribution in [0.1, 0.15) is 60.3 Å². The van der Waals surface area contributed by atoms with E-state index in [2.05, 4.69) is 14.9 Å². The van der Waals surface area contributed by atoms with E-state index in [1.54, 1.807) is 0 Å². The summed E-state index contributed by atoms with van der Waals surface area (Å²) in [5.74, 6) is -1.07. The van der Waals surface area contributed by atoms with E-state index in [1.807, 2.05) is 79.1 Å². The summed E-state index contributed by atoms with van der Waals surface area (Å²) >= 11 is 0. The van der Waals surface area contributed by atoms with E-state index in [1.165, 1.54) is 0 Å². The highest BCUT2D eigenvalue weighted by molar-refractivity contribution is 5.76. The molecule has 0 saturated carbocycles. The maximum atomic E-state index is 12.0. The van der Waals surface area contributed by atoms with Gasteiger partial charge in [0.1, 0.15) is 0 Å². The lowest BCUT2D eigenvalue weighted by atomic mass is 9.99. The highest BCUT2D eigenvalue weighted by Crippen LogP contribution is 2.38. The van der Waals surface area contributed by atoms with E-state index in [0.717, 1.165) is 33.3 Å². The van der Waals surface area contributed by atoms with Crippen LogP contribution in [-0.2, 0) is 38.8 Å². The minimum atomic E-state index is -0.902. The predicted molar refractivity (Wildman–Crippen MR) is 148 cm³/mol. The van der Waals surface area contributed by atoms with Crippen molar-refractivity contribution in [1.82, 2.24) is 14.9 Å². The van der Waals surface area contributed by atoms with Crippen molar-refractivity contribution in [2.24, 2.45) is 0 Å². The molecule has 1 aromatic heterocycles. The molecular weight excluding hydrogens is 510 g/mol. The van der Waals surface area contributed by atoms with Gasteiger partial charge < -0.3 is 29.6 Å². The van der Waals surface area contributed by atoms with E-state index in [-0.39, 0.29) is 37.6 Å². The Morgan fingerprint density at radius 1 is 0.925 bits per heavy atom. The SMILES string of the molecule is O=C(O)CCCC(=O)NCc1ccc([C@H]2O[C@@H](Cn3cnc4ccccc43)C[C@@H](c3ccc(CO)cc3)O2)cc1. The fourth-order valence-electron chi connectivity index (χ4n) is 4.89. The number of fused-ring (bicyclic) bond motifs is 1. The molecule has 1 fully saturated rings. The Bertz CT molecular complexity index is 1430. The highest BCUT2D eigenvalue weighted by atomic mass is 16.7. The number of amides is 1. The van der Waals surface area contributed by atoms with Crippen molar-refractivity contribution in [3.05, 3.63) is 101 Å². The summed E-state index contributed by atoms with van der Waals surface area (Å²) in [7, 11) is 0. The first kappa shape index (κ1) is 27.5. The first-order valence-electron chi connectivity index (χ1n) is 13.5. The van der Waals surface area contributed by atoms with Crippen molar-refractivity contribution < 1.29 is 29.3 Å². The molecule has 0 radical (unpaired) electrons. The maximum absolute atomic E-state index is 12.0. The standard InChI is InChI=1S/C31H33N3O6/c35-19-22-10-12-23(13-11-22)28-16-25(18-34-20-33-26-4-1-2-5-27(26)34)39-31(40-28)24-14-8-21(9-15-24)17-32-29(36)6-3-7-30(37)38/h1-2,4-5,8-15,20,25,28,31,35H,3,6-7,16-19H2,(H,32,36)(H,37,38)/t25-,28+,31+/m1/s1. The van der Waals surface area contributed by atoms with Crippen LogP contribution in [0, 0.1) is 0 Å². The lowest BCUT2D eigenvalue weighted by Gasteiger charge is -2.36. The number of hydrogen-bond acceptors (Lipinski definition) is 6. The number of imidazole rings is 1. The van der Waals surface area contributed by atoms with Crippen molar-refractivity contribution >= 4 is 22.9 Å². The molecule has 1 saturated heterocycles. The molecule has 208 valence electrons. The molecule has 1 aliphatic heterocycles. The smallest absolute Gasteiger partial charge is 0.303 e. The largest absolute Gasteiger partial charge is 0.481 e. The average molecular weight is 544 g/mol. The van der Waals surface area contributed by atoms with Gasteiger partial charge in [-0.3, -0.25) is 9.59 Å². The average Bonchev–Trinajstić information content (AvgIpc) is 3.38. The van der Waals surface area contributed by atoms with E-state index >= 15 is 0 Å². The molecule has 3 N–H and O–H groups in total. The zero-order chi connectivity index (χ0) is 27.9. The van der Waals surface area contributed by atoms with E-state index < -0.39 is 12.3 Å². The van der Waals surface area contributed by atoms with Crippen LogP contribution in [0.4, 0.5) is 0 Å². The van der Waals surface area contributed by atoms with Crippen LogP contribution in [-0.4, -0.2) is 37.7 Å². The summed E-state index contributed by atoms with van der Waals surface area (Å²) < 4.78 is 15.0. The van der Waals surface area contributed by atoms with Gasteiger partial charge in [0.2, 0.25) is 5.91 Å². The van der Waals surface area contributed by atoms with Gasteiger partial charge >= 0.3 is 5.97 Å². The molecule has 0 bridgehead atoms. The molecule has 0 aliphatic carbocycles. The fourth-order valence-corrected chi connectivity index (χ4v) is 4.89. The second-order valence-corrected chi connectivity index (χ2v) is 10.0. The van der Waals surface area contributed by atoms with E-state index in [4.69, 9.17) is 14.6 Å². The summed E-state index contributed by atoms with van der Waals surface area (Å²) in [5, 5.41) is 21.0. The van der Waals surface area contributed by atoms with Gasteiger partial charge in [0.05, 0.1) is 42.7 Å². The molecule has 0 unspecified atom stereocenters. The number of rotatable bonds is 11. The Morgan fingerprint density at radius 2 is 1.65 bits per heavy atom. The molecule has 1 amide bonds. The van der Waals surface area contributed by atoms with Gasteiger partial charge in [-0.25, -0.2) is 4.98 Å². The number of aliphatic hydroxyl groups excluding tert-OH is 1. The van der Waals surface area contributed by atoms with Gasteiger partial charge in [-0.1, -0.05) is 60.7 Å². The first-order chi connectivity index (χ1) is 19.5. The van der Waals surface area contributed by atoms with Crippen molar-refractivity contribution in [2.75, 3.05) is 0 Å². The third kappa shape index (κ3) is 6.93. The number of carbonyl (C=O) groups excluding carboxylic acids is 1. The van der Waals surface area contributed by atoms with Crippen molar-refractivity contribution in [3.63, 3.8) is 0 Å². The quantitative estimate of drug-likeness (QED) is 0.252. The number of benzene rings is 3. The third-order valence-corrected chi connectivity index (χ3v) is 7.08. The van der Waals surface area contributed by atoms with Crippen LogP contribution in [0.3, 0.4) is 0 Å². The van der Waals surface area contributed by atoms with Gasteiger partial charge in [0.15, 0.2) is 6.29 Å². The summed E-state index contributed by atoms with van der Waals surface area (Å²) in [6.45, 7) is 0.968. The number of para-hydroxylation sites is 2. The van der Waals surface area contributed by atoms with Gasteiger partial charge in [-0.05, 0) is 35.2 Å². The Kier molecular flexibility index (Phi) is 8.85. The Labute approximate surface area is 232 Å². The number of ether oxygens (including phenoxy) is 2. The monoisotopic (exact) mass is 543 g/mol. The zero-order valence-corrected chi connectivity index (χ0v) is 22.1. The minimum absolute atomic E-state index is 0.0109. The van der Waals surface area contributed by atoms with Crippen molar-refractivity contribution in [1.29, 1.82) is 0 Å². The number of aliphatic carboxylic acids is 1. The van der Waals surface area contributed by atoms with E-state index in [0.29, 0.717) is 25.9 Å². The maximum Gasteiger partial charge on any atom is 0.303 e. The second-order valence-electron chi connectivity index (χ2n) is 10.0. The first-order valence-corrected chi connectivity index (χ1v) is 13.5. The molecule has 3 atom stereocenters. The van der Waals surface area contributed by atoms with Gasteiger partial charge in [-0.15, -0.1) is 0 Å². The number of hydrogen-bond donors (Lipinski definition) is 3. The molecule has 9 nitrogen and oxygen atoms in total. The Balaban J connectivity index is 1.29. The normalized spacial score (nSPS) is 19.0. The molecule has 5 rings (SSSR count). The van der Waals surface area contributed by atoms with Crippen LogP contribution >= 0.6 is 0 Å². The van der Waals surface area contributed by atoms with Gasteiger partial charge in [-0.2, -0.15) is 0 Å². The molecule has 2 heterocycles. The lowest BCUT2D eigenvalue weighted by Crippen LogP contribution is -2.32. The van der Waals surface area contributed by atoms with E-state index in [9.17, 15) is 14.7 Å². The van der Waals surface area contributed by atoms with Crippen LogP contribution in [0.25, 0.3) is 11.0 Å². The number of aliphatic hydroxyl groups is 1. The fraction of sp³-hybridized carbons (Fsp3) is 0.323. The Morgan fingerprint density at radius 3 is 2.40 bits per heavy atom. The van der Waals surface area contributed by atoms with Crippen LogP contribution in [0.2, 0.25) is 0 Å². The number of carboxylic acids is 1. The van der Waals surface area contributed by atoms with Gasteiger partial charge in [0.25, 0.3) is 0 Å². The summed E-state index contributed by atoms with van der Waals surface area (Å²) in [4.78, 5) is 27.2. The minimum Gasteiger partial charge on any atom is -0.481 e. The number of carbonyl (C=O) groups is 2. The molecule has 3 aromatic carbocycles. The van der Waals surface area contributed by atoms with Crippen LogP contribution in [0.15, 0.2) is 79.1 Å². The number of carboxylic acid groups (broad SMARTS) is 1. The highest BCUT2D eigenvalue weighted by Gasteiger charge is 2.32. The zero-order valence-electron chi connectivity index (χ0n) is 22.1. The van der Waals surface area contributed by atoms with Crippen LogP contribution in [0.5, 0.6) is 0 Å². The summed E-state index contributed by atoms with van der Waals surface area (Å²) in [6, 6.07) is 23.6. The molecule has 1 aliphatic rings.